The molecule has 0 aliphatic heterocycles. The van der Waals surface area contributed by atoms with Gasteiger partial charge in [-0.05, 0) is 6.42 Å². The van der Waals surface area contributed by atoms with Crippen LogP contribution in [0.1, 0.15) is 19.8 Å². The summed E-state index contributed by atoms with van der Waals surface area (Å²) in [5, 5.41) is 12.2. The molecule has 2 heterocycles. The van der Waals surface area contributed by atoms with Gasteiger partial charge < -0.3 is 15.3 Å². The van der Waals surface area contributed by atoms with Gasteiger partial charge in [0.05, 0.1) is 6.61 Å². The molecule has 0 saturated heterocycles. The summed E-state index contributed by atoms with van der Waals surface area (Å²) >= 11 is 0. The first-order valence-corrected chi connectivity index (χ1v) is 7.06. The van der Waals surface area contributed by atoms with E-state index in [-0.39, 0.29) is 6.61 Å². The Hall–Kier alpha value is -2.22. The molecule has 0 spiro atoms. The van der Waals surface area contributed by atoms with Gasteiger partial charge in [0.15, 0.2) is 0 Å². The average Bonchev–Trinajstić information content (AvgIpc) is 3.05. The van der Waals surface area contributed by atoms with Crippen LogP contribution in [0.25, 0.3) is 5.95 Å². The minimum atomic E-state index is 0.0602. The van der Waals surface area contributed by atoms with Gasteiger partial charge in [-0.1, -0.05) is 13.3 Å². The number of rotatable bonds is 8. The largest absolute Gasteiger partial charge is 0.395 e. The monoisotopic (exact) mass is 291 g/mol. The Balaban J connectivity index is 2.34. The molecule has 114 valence electrons. The third kappa shape index (κ3) is 3.88. The number of hydrogen-bond acceptors (Lipinski definition) is 7. The van der Waals surface area contributed by atoms with E-state index in [1.165, 1.54) is 0 Å². The molecular formula is C13H21N7O. The number of hydrogen-bond donors (Lipinski definition) is 2. The van der Waals surface area contributed by atoms with Crippen LogP contribution in [-0.4, -0.2) is 56.4 Å². The van der Waals surface area contributed by atoms with Crippen molar-refractivity contribution in [2.24, 2.45) is 0 Å². The fourth-order valence-corrected chi connectivity index (χ4v) is 1.88. The molecule has 2 aromatic rings. The maximum absolute atomic E-state index is 9.23. The smallest absolute Gasteiger partial charge is 0.241 e. The van der Waals surface area contributed by atoms with E-state index in [1.54, 1.807) is 30.3 Å². The minimum absolute atomic E-state index is 0.0602. The van der Waals surface area contributed by atoms with Crippen molar-refractivity contribution in [1.82, 2.24) is 24.5 Å². The Labute approximate surface area is 123 Å². The van der Waals surface area contributed by atoms with Gasteiger partial charge in [0, 0.05) is 32.5 Å². The van der Waals surface area contributed by atoms with Crippen LogP contribution in [-0.2, 0) is 0 Å². The maximum atomic E-state index is 9.23. The summed E-state index contributed by atoms with van der Waals surface area (Å²) in [7, 11) is 1.76. The SMILES string of the molecule is CCCCN(CCO)c1nc(NC)nc(-n2ccnc2)n1. The molecule has 2 rings (SSSR count). The second kappa shape index (κ2) is 7.53. The first-order valence-electron chi connectivity index (χ1n) is 7.06. The Morgan fingerprint density at radius 2 is 2.14 bits per heavy atom. The van der Waals surface area contributed by atoms with Gasteiger partial charge in [-0.3, -0.25) is 4.57 Å². The molecule has 0 fully saturated rings. The summed E-state index contributed by atoms with van der Waals surface area (Å²) in [6, 6.07) is 0. The Morgan fingerprint density at radius 3 is 2.76 bits per heavy atom. The number of nitrogens with zero attached hydrogens (tertiary/aromatic N) is 6. The van der Waals surface area contributed by atoms with Gasteiger partial charge in [0.25, 0.3) is 0 Å². The quantitative estimate of drug-likeness (QED) is 0.739. The molecule has 0 saturated carbocycles. The van der Waals surface area contributed by atoms with Crippen molar-refractivity contribution >= 4 is 11.9 Å². The predicted octanol–water partition coefficient (Wildman–Crippen LogP) is 0.698. The Morgan fingerprint density at radius 1 is 1.29 bits per heavy atom. The molecule has 0 unspecified atom stereocenters. The second-order valence-electron chi connectivity index (χ2n) is 4.54. The Bertz CT molecular complexity index is 543. The number of aromatic nitrogens is 5. The molecule has 8 heteroatoms. The van der Waals surface area contributed by atoms with Crippen molar-refractivity contribution in [2.45, 2.75) is 19.8 Å². The number of unbranched alkanes of at least 4 members (excludes halogenated alkanes) is 1. The number of aliphatic hydroxyl groups excluding tert-OH is 1. The number of nitrogens with one attached hydrogen (secondary N) is 1. The number of aliphatic hydroxyl groups is 1. The van der Waals surface area contributed by atoms with Gasteiger partial charge in [0.1, 0.15) is 6.33 Å². The molecule has 0 aromatic carbocycles. The van der Waals surface area contributed by atoms with Crippen LogP contribution < -0.4 is 10.2 Å². The van der Waals surface area contributed by atoms with Crippen molar-refractivity contribution in [3.8, 4) is 5.95 Å². The van der Waals surface area contributed by atoms with Crippen LogP contribution in [0.2, 0.25) is 0 Å². The standard InChI is InChI=1S/C13H21N7O/c1-3-4-6-19(8-9-21)12-16-11(14-2)17-13(18-12)20-7-5-15-10-20/h5,7,10,21H,3-4,6,8-9H2,1-2H3,(H,14,16,17,18). The first-order chi connectivity index (χ1) is 10.3. The molecule has 2 N–H and O–H groups in total. The highest BCUT2D eigenvalue weighted by molar-refractivity contribution is 5.39. The van der Waals surface area contributed by atoms with Gasteiger partial charge in [-0.2, -0.15) is 15.0 Å². The third-order valence-corrected chi connectivity index (χ3v) is 3.01. The predicted molar refractivity (Wildman–Crippen MR) is 80.7 cm³/mol. The average molecular weight is 291 g/mol. The van der Waals surface area contributed by atoms with Crippen LogP contribution in [0.15, 0.2) is 18.7 Å². The summed E-state index contributed by atoms with van der Waals surface area (Å²) in [6.45, 7) is 3.48. The maximum Gasteiger partial charge on any atom is 0.241 e. The Kier molecular flexibility index (Phi) is 5.44. The fourth-order valence-electron chi connectivity index (χ4n) is 1.88. The molecular weight excluding hydrogens is 270 g/mol. The van der Waals surface area contributed by atoms with Crippen LogP contribution >= 0.6 is 0 Å². The van der Waals surface area contributed by atoms with Gasteiger partial charge in [-0.25, -0.2) is 4.98 Å². The molecule has 0 radical (unpaired) electrons. The van der Waals surface area contributed by atoms with Crippen LogP contribution in [0.3, 0.4) is 0 Å². The fraction of sp³-hybridized carbons (Fsp3) is 0.538. The summed E-state index contributed by atoms with van der Waals surface area (Å²) in [4.78, 5) is 19.1. The van der Waals surface area contributed by atoms with Crippen molar-refractivity contribution in [2.75, 3.05) is 37.0 Å². The van der Waals surface area contributed by atoms with Crippen LogP contribution in [0, 0.1) is 0 Å². The zero-order valence-electron chi connectivity index (χ0n) is 12.4. The molecule has 0 amide bonds. The summed E-state index contributed by atoms with van der Waals surface area (Å²) in [6.07, 6.45) is 7.17. The van der Waals surface area contributed by atoms with E-state index in [0.29, 0.717) is 24.4 Å². The van der Waals surface area contributed by atoms with Gasteiger partial charge in [0.2, 0.25) is 17.8 Å². The highest BCUT2D eigenvalue weighted by atomic mass is 16.3. The van der Waals surface area contributed by atoms with E-state index in [4.69, 9.17) is 0 Å². The molecule has 0 aliphatic carbocycles. The van der Waals surface area contributed by atoms with Crippen molar-refractivity contribution in [3.63, 3.8) is 0 Å². The lowest BCUT2D eigenvalue weighted by Crippen LogP contribution is -2.30. The molecule has 8 nitrogen and oxygen atoms in total. The highest BCUT2D eigenvalue weighted by Gasteiger charge is 2.13. The van der Waals surface area contributed by atoms with E-state index >= 15 is 0 Å². The van der Waals surface area contributed by atoms with Crippen molar-refractivity contribution in [1.29, 1.82) is 0 Å². The number of imidazole rings is 1. The van der Waals surface area contributed by atoms with Gasteiger partial charge in [-0.15, -0.1) is 0 Å². The van der Waals surface area contributed by atoms with E-state index in [2.05, 4.69) is 32.2 Å². The molecule has 21 heavy (non-hydrogen) atoms. The van der Waals surface area contributed by atoms with Gasteiger partial charge >= 0.3 is 0 Å². The lowest BCUT2D eigenvalue weighted by Gasteiger charge is -2.22. The summed E-state index contributed by atoms with van der Waals surface area (Å²) in [5.74, 6) is 1.55. The number of anilines is 2. The van der Waals surface area contributed by atoms with Crippen molar-refractivity contribution < 1.29 is 5.11 Å². The normalized spacial score (nSPS) is 10.6. The lowest BCUT2D eigenvalue weighted by atomic mass is 10.3. The second-order valence-corrected chi connectivity index (χ2v) is 4.54. The molecule has 0 aliphatic rings. The third-order valence-electron chi connectivity index (χ3n) is 3.01. The topological polar surface area (TPSA) is 92.0 Å². The van der Waals surface area contributed by atoms with E-state index in [1.807, 2.05) is 4.90 Å². The highest BCUT2D eigenvalue weighted by Crippen LogP contribution is 2.13. The summed E-state index contributed by atoms with van der Waals surface area (Å²) < 4.78 is 1.73. The van der Waals surface area contributed by atoms with Crippen molar-refractivity contribution in [3.05, 3.63) is 18.7 Å². The lowest BCUT2D eigenvalue weighted by molar-refractivity contribution is 0.301. The zero-order valence-corrected chi connectivity index (χ0v) is 12.4. The molecule has 0 atom stereocenters. The molecule has 2 aromatic heterocycles. The van der Waals surface area contributed by atoms with E-state index in [9.17, 15) is 5.11 Å². The zero-order chi connectivity index (χ0) is 15.1. The van der Waals surface area contributed by atoms with Crippen LogP contribution in [0.4, 0.5) is 11.9 Å². The van der Waals surface area contributed by atoms with E-state index in [0.717, 1.165) is 19.4 Å². The summed E-state index contributed by atoms with van der Waals surface area (Å²) in [5.41, 5.74) is 0. The molecule has 0 bridgehead atoms. The van der Waals surface area contributed by atoms with Crippen LogP contribution in [0.5, 0.6) is 0 Å². The minimum Gasteiger partial charge on any atom is -0.395 e. The van der Waals surface area contributed by atoms with E-state index < -0.39 is 0 Å². The first kappa shape index (κ1) is 15.2.